The first-order valence-electron chi connectivity index (χ1n) is 7.93. The Morgan fingerprint density at radius 3 is 2.54 bits per heavy atom. The summed E-state index contributed by atoms with van der Waals surface area (Å²) in [6.45, 7) is 3.03. The maximum absolute atomic E-state index is 12.4. The summed E-state index contributed by atoms with van der Waals surface area (Å²) in [6.07, 6.45) is 2.20. The van der Waals surface area contributed by atoms with E-state index in [0.29, 0.717) is 18.1 Å². The van der Waals surface area contributed by atoms with Crippen LogP contribution in [-0.4, -0.2) is 40.7 Å². The highest BCUT2D eigenvalue weighted by atomic mass is 32.2. The van der Waals surface area contributed by atoms with Crippen molar-refractivity contribution in [1.82, 2.24) is 0 Å². The molecule has 0 radical (unpaired) electrons. The number of anilines is 1. The third-order valence-electron chi connectivity index (χ3n) is 3.63. The van der Waals surface area contributed by atoms with Crippen molar-refractivity contribution in [2.24, 2.45) is 0 Å². The molecule has 0 fully saturated rings. The van der Waals surface area contributed by atoms with Crippen molar-refractivity contribution >= 4 is 15.8 Å². The van der Waals surface area contributed by atoms with Gasteiger partial charge in [-0.05, 0) is 24.6 Å². The minimum atomic E-state index is -5.63. The van der Waals surface area contributed by atoms with Gasteiger partial charge in [-0.3, -0.25) is 0 Å². The predicted molar refractivity (Wildman–Crippen MR) is 89.8 cm³/mol. The summed E-state index contributed by atoms with van der Waals surface area (Å²) in [7, 11) is -4.13. The van der Waals surface area contributed by atoms with Gasteiger partial charge in [0, 0.05) is 25.6 Å². The molecule has 146 valence electrons. The van der Waals surface area contributed by atoms with Gasteiger partial charge in [0.1, 0.15) is 17.3 Å². The molecular formula is C16H20F3NO5S. The quantitative estimate of drug-likeness (QED) is 0.521. The van der Waals surface area contributed by atoms with Gasteiger partial charge < -0.3 is 18.6 Å². The Morgan fingerprint density at radius 2 is 2.00 bits per heavy atom. The fraction of sp³-hybridized carbons (Fsp3) is 0.500. The Morgan fingerprint density at radius 1 is 1.27 bits per heavy atom. The van der Waals surface area contributed by atoms with Gasteiger partial charge in [-0.25, -0.2) is 0 Å². The van der Waals surface area contributed by atoms with E-state index in [0.717, 1.165) is 12.1 Å². The van der Waals surface area contributed by atoms with E-state index in [1.807, 2.05) is 11.8 Å². The van der Waals surface area contributed by atoms with E-state index in [1.165, 1.54) is 13.2 Å². The molecule has 0 spiro atoms. The normalized spacial score (nSPS) is 15.4. The zero-order chi connectivity index (χ0) is 19.4. The van der Waals surface area contributed by atoms with Crippen molar-refractivity contribution in [1.29, 1.82) is 0 Å². The minimum Gasteiger partial charge on any atom is -0.494 e. The van der Waals surface area contributed by atoms with Crippen molar-refractivity contribution in [2.45, 2.75) is 25.3 Å². The third-order valence-corrected chi connectivity index (χ3v) is 4.63. The van der Waals surface area contributed by atoms with E-state index in [9.17, 15) is 21.6 Å². The monoisotopic (exact) mass is 395 g/mol. The molecule has 1 aliphatic rings. The van der Waals surface area contributed by atoms with Gasteiger partial charge in [-0.1, -0.05) is 6.92 Å². The van der Waals surface area contributed by atoms with Crippen molar-refractivity contribution in [3.8, 4) is 11.5 Å². The molecule has 0 N–H and O–H groups in total. The van der Waals surface area contributed by atoms with E-state index in [1.54, 1.807) is 18.2 Å². The van der Waals surface area contributed by atoms with Crippen LogP contribution in [0.3, 0.4) is 0 Å². The number of methoxy groups -OCH3 is 1. The highest BCUT2D eigenvalue weighted by Crippen LogP contribution is 2.34. The van der Waals surface area contributed by atoms with Gasteiger partial charge in [0.2, 0.25) is 0 Å². The Balaban J connectivity index is 2.10. The lowest BCUT2D eigenvalue weighted by Crippen LogP contribution is -2.31. The zero-order valence-electron chi connectivity index (χ0n) is 14.4. The number of hydrogen-bond donors (Lipinski definition) is 0. The molecule has 1 aliphatic heterocycles. The summed E-state index contributed by atoms with van der Waals surface area (Å²) >= 11 is 0. The van der Waals surface area contributed by atoms with Crippen LogP contribution < -0.4 is 14.4 Å². The first-order valence-corrected chi connectivity index (χ1v) is 9.34. The molecule has 0 aromatic heterocycles. The van der Waals surface area contributed by atoms with Crippen molar-refractivity contribution in [3.05, 3.63) is 30.0 Å². The maximum Gasteiger partial charge on any atom is 0.534 e. The second kappa shape index (κ2) is 8.07. The molecule has 0 saturated carbocycles. The SMILES string of the molecule is CCCOc1ccc(N2CC=C(OS(=O)(=O)C(F)(F)F)CC2)c(OC)c1. The maximum atomic E-state index is 12.4. The molecule has 1 heterocycles. The summed E-state index contributed by atoms with van der Waals surface area (Å²) in [6, 6.07) is 5.29. The van der Waals surface area contributed by atoms with E-state index in [-0.39, 0.29) is 25.3 Å². The molecule has 0 aliphatic carbocycles. The number of ether oxygens (including phenoxy) is 2. The number of benzene rings is 1. The molecular weight excluding hydrogens is 375 g/mol. The average molecular weight is 395 g/mol. The largest absolute Gasteiger partial charge is 0.534 e. The second-order valence-electron chi connectivity index (χ2n) is 5.53. The van der Waals surface area contributed by atoms with Crippen LogP contribution >= 0.6 is 0 Å². The second-order valence-corrected chi connectivity index (χ2v) is 7.07. The summed E-state index contributed by atoms with van der Waals surface area (Å²) in [5.41, 5.74) is -4.71. The Kier molecular flexibility index (Phi) is 6.27. The zero-order valence-corrected chi connectivity index (χ0v) is 15.2. The van der Waals surface area contributed by atoms with E-state index >= 15 is 0 Å². The number of nitrogens with zero attached hydrogens (tertiary/aromatic N) is 1. The van der Waals surface area contributed by atoms with Gasteiger partial charge in [0.15, 0.2) is 0 Å². The molecule has 0 unspecified atom stereocenters. The van der Waals surface area contributed by atoms with Crippen LogP contribution in [0.15, 0.2) is 30.0 Å². The smallest absolute Gasteiger partial charge is 0.494 e. The van der Waals surface area contributed by atoms with Crippen LogP contribution in [-0.2, 0) is 14.3 Å². The summed E-state index contributed by atoms with van der Waals surface area (Å²) in [4.78, 5) is 1.84. The Bertz CT molecular complexity index is 762. The third kappa shape index (κ3) is 4.75. The van der Waals surface area contributed by atoms with E-state index in [2.05, 4.69) is 4.18 Å². The van der Waals surface area contributed by atoms with Crippen LogP contribution in [0.4, 0.5) is 18.9 Å². The minimum absolute atomic E-state index is 0.0204. The first-order chi connectivity index (χ1) is 12.2. The van der Waals surface area contributed by atoms with Gasteiger partial charge >= 0.3 is 15.6 Å². The highest BCUT2D eigenvalue weighted by molar-refractivity contribution is 7.87. The molecule has 1 aromatic rings. The molecule has 0 bridgehead atoms. The fourth-order valence-corrected chi connectivity index (χ4v) is 2.89. The lowest BCUT2D eigenvalue weighted by molar-refractivity contribution is -0.0523. The molecule has 0 amide bonds. The van der Waals surface area contributed by atoms with Crippen molar-refractivity contribution < 1.29 is 35.2 Å². The Hall–Kier alpha value is -2.10. The first kappa shape index (κ1) is 20.2. The van der Waals surface area contributed by atoms with Crippen LogP contribution in [0.25, 0.3) is 0 Å². The molecule has 1 aromatic carbocycles. The molecule has 6 nitrogen and oxygen atoms in total. The molecule has 0 saturated heterocycles. The van der Waals surface area contributed by atoms with Crippen LogP contribution in [0.1, 0.15) is 19.8 Å². The summed E-state index contributed by atoms with van der Waals surface area (Å²) < 4.78 is 74.3. The van der Waals surface area contributed by atoms with Gasteiger partial charge in [0.25, 0.3) is 0 Å². The average Bonchev–Trinajstić information content (AvgIpc) is 2.59. The molecule has 26 heavy (non-hydrogen) atoms. The van der Waals surface area contributed by atoms with Crippen molar-refractivity contribution in [2.75, 3.05) is 31.7 Å². The molecule has 10 heteroatoms. The summed E-state index contributed by atoms with van der Waals surface area (Å²) in [5.74, 6) is 0.986. The fourth-order valence-electron chi connectivity index (χ4n) is 2.36. The highest BCUT2D eigenvalue weighted by Gasteiger charge is 2.48. The van der Waals surface area contributed by atoms with E-state index < -0.39 is 15.6 Å². The lowest BCUT2D eigenvalue weighted by Gasteiger charge is -2.29. The van der Waals surface area contributed by atoms with Crippen LogP contribution in [0.5, 0.6) is 11.5 Å². The number of hydrogen-bond acceptors (Lipinski definition) is 6. The standard InChI is InChI=1S/C16H20F3NO5S/c1-3-10-24-13-4-5-14(15(11-13)23-2)20-8-6-12(7-9-20)25-26(21,22)16(17,18)19/h4-6,11H,3,7-10H2,1-2H3. The topological polar surface area (TPSA) is 65.1 Å². The van der Waals surface area contributed by atoms with Gasteiger partial charge in [-0.2, -0.15) is 21.6 Å². The summed E-state index contributed by atoms with van der Waals surface area (Å²) in [5, 5.41) is 0. The molecule has 2 rings (SSSR count). The number of alkyl halides is 3. The Labute approximate surface area is 150 Å². The van der Waals surface area contributed by atoms with Crippen molar-refractivity contribution in [3.63, 3.8) is 0 Å². The van der Waals surface area contributed by atoms with Gasteiger partial charge in [0.05, 0.1) is 19.4 Å². The number of halogens is 3. The predicted octanol–water partition coefficient (Wildman–Crippen LogP) is 3.44. The number of rotatable bonds is 7. The lowest BCUT2D eigenvalue weighted by atomic mass is 10.2. The van der Waals surface area contributed by atoms with Crippen LogP contribution in [0.2, 0.25) is 0 Å². The van der Waals surface area contributed by atoms with Crippen LogP contribution in [0, 0.1) is 0 Å². The van der Waals surface area contributed by atoms with Gasteiger partial charge in [-0.15, -0.1) is 0 Å². The molecule has 0 atom stereocenters. The van der Waals surface area contributed by atoms with E-state index in [4.69, 9.17) is 9.47 Å².